The van der Waals surface area contributed by atoms with Crippen LogP contribution in [0.1, 0.15) is 18.1 Å². The molecule has 0 N–H and O–H groups in total. The lowest BCUT2D eigenvalue weighted by Gasteiger charge is -2.07. The summed E-state index contributed by atoms with van der Waals surface area (Å²) in [7, 11) is 0. The number of aryl methyl sites for hydroxylation is 1. The number of hydrogen-bond donors (Lipinski definition) is 0. The van der Waals surface area contributed by atoms with Gasteiger partial charge in [-0.3, -0.25) is 0 Å². The van der Waals surface area contributed by atoms with E-state index in [1.165, 1.54) is 29.9 Å². The minimum absolute atomic E-state index is 1.09. The molecule has 0 bridgehead atoms. The fraction of sp³-hybridized carbons (Fsp3) is 0.333. The second kappa shape index (κ2) is 3.25. The first-order valence-electron chi connectivity index (χ1n) is 4.85. The molecule has 0 radical (unpaired) electrons. The van der Waals surface area contributed by atoms with Crippen LogP contribution in [0.4, 0.5) is 5.69 Å². The molecule has 1 aromatic rings. The summed E-state index contributed by atoms with van der Waals surface area (Å²) in [5.41, 5.74) is 4.04. The van der Waals surface area contributed by atoms with Gasteiger partial charge in [0.25, 0.3) is 0 Å². The predicted molar refractivity (Wildman–Crippen MR) is 58.1 cm³/mol. The molecule has 68 valence electrons. The van der Waals surface area contributed by atoms with Crippen LogP contribution >= 0.6 is 0 Å². The number of benzene rings is 1. The summed E-state index contributed by atoms with van der Waals surface area (Å²) in [6, 6.07) is 6.63. The van der Waals surface area contributed by atoms with E-state index in [1.54, 1.807) is 0 Å². The zero-order valence-electron chi connectivity index (χ0n) is 8.09. The Labute approximate surface area is 79.7 Å². The summed E-state index contributed by atoms with van der Waals surface area (Å²) in [5, 5.41) is 0. The van der Waals surface area contributed by atoms with E-state index in [0.29, 0.717) is 0 Å². The summed E-state index contributed by atoms with van der Waals surface area (Å²) in [4.78, 5) is 2.37. The number of anilines is 1. The van der Waals surface area contributed by atoms with Crippen LogP contribution in [0.25, 0.3) is 6.08 Å². The van der Waals surface area contributed by atoms with Crippen molar-refractivity contribution in [3.63, 3.8) is 0 Å². The van der Waals surface area contributed by atoms with E-state index in [-0.39, 0.29) is 0 Å². The zero-order chi connectivity index (χ0) is 9.26. The quantitative estimate of drug-likeness (QED) is 0.635. The highest BCUT2D eigenvalue weighted by Gasteiger charge is 2.17. The van der Waals surface area contributed by atoms with Crippen molar-refractivity contribution < 1.29 is 0 Å². The molecule has 0 amide bonds. The molecule has 0 unspecified atom stereocenters. The zero-order valence-corrected chi connectivity index (χ0v) is 8.09. The highest BCUT2D eigenvalue weighted by molar-refractivity contribution is 5.61. The van der Waals surface area contributed by atoms with Crippen LogP contribution in [-0.4, -0.2) is 13.1 Å². The third-order valence-corrected chi connectivity index (χ3v) is 2.54. The molecule has 1 nitrogen and oxygen atoms in total. The SMILES string of the molecule is C=Cc1ccc(N2CC2)cc1CC. The van der Waals surface area contributed by atoms with Crippen molar-refractivity contribution >= 4 is 11.8 Å². The minimum Gasteiger partial charge on any atom is -0.368 e. The second-order valence-corrected chi connectivity index (χ2v) is 3.43. The maximum atomic E-state index is 3.82. The fourth-order valence-electron chi connectivity index (χ4n) is 1.60. The van der Waals surface area contributed by atoms with Crippen LogP contribution in [0.15, 0.2) is 24.8 Å². The van der Waals surface area contributed by atoms with Crippen LogP contribution in [0.3, 0.4) is 0 Å². The van der Waals surface area contributed by atoms with Crippen molar-refractivity contribution in [3.05, 3.63) is 35.9 Å². The monoisotopic (exact) mass is 173 g/mol. The van der Waals surface area contributed by atoms with Crippen LogP contribution in [-0.2, 0) is 6.42 Å². The first-order chi connectivity index (χ1) is 6.35. The standard InChI is InChI=1S/C12H15N/c1-3-10-5-6-12(13-7-8-13)9-11(10)4-2/h3,5-6,9H,1,4,7-8H2,2H3. The topological polar surface area (TPSA) is 3.01 Å². The second-order valence-electron chi connectivity index (χ2n) is 3.43. The lowest BCUT2D eigenvalue weighted by atomic mass is 10.0. The Hall–Kier alpha value is -1.24. The van der Waals surface area contributed by atoms with Gasteiger partial charge in [-0.2, -0.15) is 0 Å². The van der Waals surface area contributed by atoms with Gasteiger partial charge in [0.1, 0.15) is 0 Å². The average molecular weight is 173 g/mol. The minimum atomic E-state index is 1.09. The van der Waals surface area contributed by atoms with Gasteiger partial charge < -0.3 is 4.90 Å². The van der Waals surface area contributed by atoms with Gasteiger partial charge >= 0.3 is 0 Å². The molecule has 1 aliphatic rings. The molecule has 1 fully saturated rings. The molecular formula is C12H15N. The van der Waals surface area contributed by atoms with Gasteiger partial charge in [-0.1, -0.05) is 25.6 Å². The van der Waals surface area contributed by atoms with E-state index >= 15 is 0 Å². The van der Waals surface area contributed by atoms with Crippen molar-refractivity contribution in [2.45, 2.75) is 13.3 Å². The van der Waals surface area contributed by atoms with Crippen molar-refractivity contribution in [1.82, 2.24) is 0 Å². The molecule has 0 spiro atoms. The van der Waals surface area contributed by atoms with Gasteiger partial charge in [-0.15, -0.1) is 0 Å². The first-order valence-corrected chi connectivity index (χ1v) is 4.85. The molecule has 1 heterocycles. The highest BCUT2D eigenvalue weighted by Crippen LogP contribution is 2.24. The van der Waals surface area contributed by atoms with Gasteiger partial charge in [0, 0.05) is 18.8 Å². The van der Waals surface area contributed by atoms with Crippen molar-refractivity contribution in [1.29, 1.82) is 0 Å². The van der Waals surface area contributed by atoms with Crippen LogP contribution < -0.4 is 4.90 Å². The summed E-state index contributed by atoms with van der Waals surface area (Å²) < 4.78 is 0. The Morgan fingerprint density at radius 1 is 1.46 bits per heavy atom. The molecule has 2 rings (SSSR count). The highest BCUT2D eigenvalue weighted by atomic mass is 15.3. The fourth-order valence-corrected chi connectivity index (χ4v) is 1.60. The number of hydrogen-bond acceptors (Lipinski definition) is 1. The molecule has 0 atom stereocenters. The van der Waals surface area contributed by atoms with E-state index in [4.69, 9.17) is 0 Å². The number of rotatable bonds is 3. The Morgan fingerprint density at radius 3 is 2.77 bits per heavy atom. The van der Waals surface area contributed by atoms with Gasteiger partial charge in [0.15, 0.2) is 0 Å². The lowest BCUT2D eigenvalue weighted by molar-refractivity contribution is 1.13. The Balaban J connectivity index is 2.36. The predicted octanol–water partition coefficient (Wildman–Crippen LogP) is 2.71. The maximum absolute atomic E-state index is 3.82. The van der Waals surface area contributed by atoms with Gasteiger partial charge in [-0.25, -0.2) is 0 Å². The van der Waals surface area contributed by atoms with Crippen molar-refractivity contribution in [3.8, 4) is 0 Å². The van der Waals surface area contributed by atoms with E-state index < -0.39 is 0 Å². The molecule has 1 aliphatic heterocycles. The summed E-state index contributed by atoms with van der Waals surface area (Å²) in [6.45, 7) is 8.44. The third-order valence-electron chi connectivity index (χ3n) is 2.54. The molecule has 1 aromatic carbocycles. The van der Waals surface area contributed by atoms with Crippen molar-refractivity contribution in [2.24, 2.45) is 0 Å². The average Bonchev–Trinajstić information content (AvgIpc) is 3.00. The van der Waals surface area contributed by atoms with Gasteiger partial charge in [0.05, 0.1) is 0 Å². The third kappa shape index (κ3) is 1.59. The van der Waals surface area contributed by atoms with Gasteiger partial charge in [-0.05, 0) is 29.7 Å². The molecular weight excluding hydrogens is 158 g/mol. The Kier molecular flexibility index (Phi) is 2.09. The lowest BCUT2D eigenvalue weighted by Crippen LogP contribution is -1.93. The van der Waals surface area contributed by atoms with Crippen molar-refractivity contribution in [2.75, 3.05) is 18.0 Å². The number of nitrogens with zero attached hydrogens (tertiary/aromatic N) is 1. The Morgan fingerprint density at radius 2 is 2.23 bits per heavy atom. The van der Waals surface area contributed by atoms with E-state index in [0.717, 1.165) is 6.42 Å². The maximum Gasteiger partial charge on any atom is 0.0370 e. The summed E-state index contributed by atoms with van der Waals surface area (Å²) in [6.07, 6.45) is 3.02. The molecule has 13 heavy (non-hydrogen) atoms. The van der Waals surface area contributed by atoms with Crippen LogP contribution in [0.2, 0.25) is 0 Å². The largest absolute Gasteiger partial charge is 0.368 e. The van der Waals surface area contributed by atoms with Gasteiger partial charge in [0.2, 0.25) is 0 Å². The molecule has 1 heteroatoms. The molecule has 0 aromatic heterocycles. The normalized spacial score (nSPS) is 14.4. The van der Waals surface area contributed by atoms with Crippen LogP contribution in [0.5, 0.6) is 0 Å². The summed E-state index contributed by atoms with van der Waals surface area (Å²) >= 11 is 0. The molecule has 0 aliphatic carbocycles. The van der Waals surface area contributed by atoms with Crippen LogP contribution in [0, 0.1) is 0 Å². The summed E-state index contributed by atoms with van der Waals surface area (Å²) in [5.74, 6) is 0. The Bertz CT molecular complexity index is 324. The van der Waals surface area contributed by atoms with E-state index in [9.17, 15) is 0 Å². The molecule has 0 saturated carbocycles. The van der Waals surface area contributed by atoms with E-state index in [2.05, 4.69) is 36.6 Å². The van der Waals surface area contributed by atoms with E-state index in [1.807, 2.05) is 6.08 Å². The molecule has 1 saturated heterocycles. The smallest absolute Gasteiger partial charge is 0.0370 e. The first kappa shape index (κ1) is 8.36.